The Morgan fingerprint density at radius 2 is 1.15 bits per heavy atom. The second-order valence-electron chi connectivity index (χ2n) is 23.9. The molecule has 0 spiro atoms. The minimum Gasteiger partial charge on any atom is -0.361 e. The van der Waals surface area contributed by atoms with E-state index in [1.807, 2.05) is 57.9 Å². The molecule has 8 aromatic heterocycles. The summed E-state index contributed by atoms with van der Waals surface area (Å²) in [6.07, 6.45) is -0.0326. The molecular weight excluding hydrogens is 1250 g/mol. The van der Waals surface area contributed by atoms with Crippen LogP contribution in [0.5, 0.6) is 0 Å². The van der Waals surface area contributed by atoms with Crippen LogP contribution in [0.4, 0.5) is 38.0 Å². The van der Waals surface area contributed by atoms with E-state index < -0.39 is 47.1 Å². The fourth-order valence-electron chi connectivity index (χ4n) is 9.85. The van der Waals surface area contributed by atoms with Crippen molar-refractivity contribution in [2.45, 2.75) is 148 Å². The van der Waals surface area contributed by atoms with Gasteiger partial charge in [-0.05, 0) is 73.2 Å². The van der Waals surface area contributed by atoms with Crippen molar-refractivity contribution in [2.24, 2.45) is 0 Å². The van der Waals surface area contributed by atoms with E-state index in [0.29, 0.717) is 82.3 Å². The molecule has 0 amide bonds. The highest BCUT2D eigenvalue weighted by Gasteiger charge is 2.33. The average Bonchev–Trinajstić information content (AvgIpc) is 1.78. The third-order valence-electron chi connectivity index (χ3n) is 14.5. The molecule has 27 heteroatoms. The van der Waals surface area contributed by atoms with Crippen LogP contribution in [-0.4, -0.2) is 131 Å². The van der Waals surface area contributed by atoms with E-state index in [-0.39, 0.29) is 49.4 Å². The number of carbonyl (C=O) groups is 2. The Labute approximate surface area is 523 Å². The number of hydrogen-bond acceptors (Lipinski definition) is 14. The van der Waals surface area contributed by atoms with Gasteiger partial charge in [0.05, 0.1) is 16.1 Å². The Morgan fingerprint density at radius 1 is 0.640 bits per heavy atom. The number of nitrogens with zero attached hydrogens (tertiary/aromatic N) is 13. The van der Waals surface area contributed by atoms with Gasteiger partial charge in [0.1, 0.15) is 78.4 Å². The SMILES string of the molecule is BrCC#Cc1ccccn1.C[Si](C)(C)CCOCn1ccc2c(N3CCc4[nH]nc(C(=O)CCCC(F)(F)F)c4C3)ncnc21.C[Si](C)(C)CCOCn1ccc2c(N3CCc4c(c(C(=O)CCCC(F)(F)F)nn4CC#Cc4ccccn4)C3)ncnc21. The fraction of sp³-hybridized carbons (Fsp3) is 0.452. The van der Waals surface area contributed by atoms with Crippen molar-refractivity contribution < 1.29 is 45.4 Å². The van der Waals surface area contributed by atoms with E-state index in [1.165, 1.54) is 12.7 Å². The van der Waals surface area contributed by atoms with Crippen LogP contribution in [0.15, 0.2) is 86.0 Å². The van der Waals surface area contributed by atoms with E-state index in [1.54, 1.807) is 29.2 Å². The van der Waals surface area contributed by atoms with Gasteiger partial charge in [0, 0.05) is 141 Å². The zero-order chi connectivity index (χ0) is 63.8. The average molecular weight is 1330 g/mol. The molecule has 89 heavy (non-hydrogen) atoms. The van der Waals surface area contributed by atoms with Crippen molar-refractivity contribution in [3.63, 3.8) is 0 Å². The van der Waals surface area contributed by atoms with Crippen molar-refractivity contribution in [3.8, 4) is 23.7 Å². The number of ether oxygens (including phenoxy) is 2. The van der Waals surface area contributed by atoms with Gasteiger partial charge >= 0.3 is 12.4 Å². The van der Waals surface area contributed by atoms with Gasteiger partial charge in [-0.3, -0.25) is 19.4 Å². The lowest BCUT2D eigenvalue weighted by Crippen LogP contribution is -2.32. The molecule has 0 radical (unpaired) electrons. The number of nitrogens with one attached hydrogen (secondary N) is 1. The monoisotopic (exact) mass is 1330 g/mol. The molecule has 1 N–H and O–H groups in total. The van der Waals surface area contributed by atoms with Crippen LogP contribution >= 0.6 is 15.9 Å². The minimum absolute atomic E-state index is 0.185. The molecule has 0 aliphatic carbocycles. The molecule has 0 saturated heterocycles. The molecule has 0 bridgehead atoms. The van der Waals surface area contributed by atoms with Crippen LogP contribution in [-0.2, 0) is 55.4 Å². The Morgan fingerprint density at radius 3 is 1.64 bits per heavy atom. The Kier molecular flexibility index (Phi) is 23.3. The molecule has 2 aliphatic rings. The second-order valence-corrected chi connectivity index (χ2v) is 35.7. The maximum absolute atomic E-state index is 13.2. The van der Waals surface area contributed by atoms with Crippen LogP contribution in [0.2, 0.25) is 51.4 Å². The third-order valence-corrected chi connectivity index (χ3v) is 18.2. The topological polar surface area (TPSA) is 193 Å². The van der Waals surface area contributed by atoms with Crippen LogP contribution in [0.3, 0.4) is 0 Å². The molecule has 472 valence electrons. The summed E-state index contributed by atoms with van der Waals surface area (Å²) in [5, 5.41) is 14.0. The molecule has 8 aromatic rings. The van der Waals surface area contributed by atoms with E-state index in [2.05, 4.69) is 134 Å². The van der Waals surface area contributed by atoms with Crippen molar-refractivity contribution >= 4 is 77.3 Å². The summed E-state index contributed by atoms with van der Waals surface area (Å²) in [5.41, 5.74) is 6.51. The lowest BCUT2D eigenvalue weighted by atomic mass is 10.0. The number of carbonyl (C=O) groups excluding carboxylic acids is 2. The van der Waals surface area contributed by atoms with Crippen molar-refractivity contribution in [1.82, 2.24) is 59.0 Å². The second kappa shape index (κ2) is 30.8. The normalized spacial score (nSPS) is 13.3. The number of Topliss-reactive ketones (excluding diaryl/α,β-unsaturated/α-hetero) is 2. The Balaban J connectivity index is 0.000000202. The largest absolute Gasteiger partial charge is 0.389 e. The Hall–Kier alpha value is -7.57. The summed E-state index contributed by atoms with van der Waals surface area (Å²) in [6.45, 7) is 18.3. The highest BCUT2D eigenvalue weighted by molar-refractivity contribution is 9.09. The molecule has 18 nitrogen and oxygen atoms in total. The number of rotatable bonds is 21. The number of fused-ring (bicyclic) bond motifs is 4. The maximum atomic E-state index is 13.2. The van der Waals surface area contributed by atoms with E-state index in [4.69, 9.17) is 9.47 Å². The summed E-state index contributed by atoms with van der Waals surface area (Å²) in [7, 11) is -2.37. The van der Waals surface area contributed by atoms with Crippen LogP contribution < -0.4 is 9.80 Å². The van der Waals surface area contributed by atoms with E-state index in [9.17, 15) is 35.9 Å². The summed E-state index contributed by atoms with van der Waals surface area (Å²) in [5.74, 6) is 12.5. The van der Waals surface area contributed by atoms with Crippen LogP contribution in [0.1, 0.15) is 93.4 Å². The molecule has 0 aromatic carbocycles. The first-order valence-corrected chi connectivity index (χ1v) is 37.9. The maximum Gasteiger partial charge on any atom is 0.389 e. The summed E-state index contributed by atoms with van der Waals surface area (Å²) < 4.78 is 93.2. The highest BCUT2D eigenvalue weighted by Crippen LogP contribution is 2.34. The number of hydrogen-bond donors (Lipinski definition) is 1. The van der Waals surface area contributed by atoms with Crippen LogP contribution in [0.25, 0.3) is 22.1 Å². The number of halogens is 7. The molecule has 10 heterocycles. The molecule has 10 rings (SSSR count). The van der Waals surface area contributed by atoms with Crippen molar-refractivity contribution in [2.75, 3.05) is 41.4 Å². The molecule has 0 fully saturated rings. The van der Waals surface area contributed by atoms with Gasteiger partial charge in [0.2, 0.25) is 0 Å². The minimum atomic E-state index is -4.31. The fourth-order valence-corrected chi connectivity index (χ4v) is 11.5. The molecule has 0 atom stereocenters. The standard InChI is InChI=1S/C31H36F3N7O2Si.C23H31F3N6O2Si.C8H6BrN/c1-44(2,3)19-18-43-22-40-16-11-24-29(36-21-37-30(24)40)39-17-12-26-25(20-39)28(27(42)10-6-13-31(32,33)34)38-41(26)15-7-9-23-8-4-5-14-35-23;1-35(2,3)12-11-34-15-32-9-6-16-21(27-14-28-22(16)32)31-10-7-18-17(13-31)20(30-29-18)19(33)5-4-8-23(24,25)26;9-6-3-5-8-4-1-2-7-10-8/h4-5,8,11,14,16,21H,6,10,12-13,15,17-20,22H2,1-3H3;6,9,14H,4-5,7-8,10-13,15H2,1-3H3,(H,29,30);1-2,4,7H,6H2. The van der Waals surface area contributed by atoms with Gasteiger partial charge in [-0.15, -0.1) is 0 Å². The van der Waals surface area contributed by atoms with E-state index >= 15 is 0 Å². The van der Waals surface area contributed by atoms with Gasteiger partial charge in [0.25, 0.3) is 0 Å². The van der Waals surface area contributed by atoms with Gasteiger partial charge in [0.15, 0.2) is 11.6 Å². The number of anilines is 2. The zero-order valence-corrected chi connectivity index (χ0v) is 54.4. The Bertz CT molecular complexity index is 3780. The third kappa shape index (κ3) is 20.0. The van der Waals surface area contributed by atoms with Gasteiger partial charge in [-0.25, -0.2) is 29.9 Å². The quantitative estimate of drug-likeness (QED) is 0.0178. The number of alkyl halides is 7. The van der Waals surface area contributed by atoms with E-state index in [0.717, 1.165) is 68.4 Å². The number of aromatic amines is 1. The van der Waals surface area contributed by atoms with Crippen LogP contribution in [0, 0.1) is 23.7 Å². The predicted octanol–water partition coefficient (Wildman–Crippen LogP) is 12.6. The number of pyridine rings is 2. The first-order chi connectivity index (χ1) is 42.4. The smallest absolute Gasteiger partial charge is 0.361 e. The molecule has 0 saturated carbocycles. The highest BCUT2D eigenvalue weighted by atomic mass is 79.9. The van der Waals surface area contributed by atoms with Crippen molar-refractivity contribution in [1.29, 1.82) is 0 Å². The number of ketones is 2. The lowest BCUT2D eigenvalue weighted by molar-refractivity contribution is -0.136. The molecule has 0 unspecified atom stereocenters. The lowest BCUT2D eigenvalue weighted by Gasteiger charge is -2.29. The van der Waals surface area contributed by atoms with Gasteiger partial charge in [-0.1, -0.05) is 79.2 Å². The van der Waals surface area contributed by atoms with Gasteiger partial charge < -0.3 is 28.4 Å². The van der Waals surface area contributed by atoms with Crippen molar-refractivity contribution in [3.05, 3.63) is 131 Å². The summed E-state index contributed by atoms with van der Waals surface area (Å²) >= 11 is 3.21. The number of aromatic nitrogens is 12. The zero-order valence-electron chi connectivity index (χ0n) is 50.8. The van der Waals surface area contributed by atoms with Gasteiger partial charge in [-0.2, -0.15) is 36.5 Å². The number of H-pyrrole nitrogens is 1. The first kappa shape index (κ1) is 67.4. The first-order valence-electron chi connectivity index (χ1n) is 29.4. The predicted molar refractivity (Wildman–Crippen MR) is 338 cm³/mol. The summed E-state index contributed by atoms with van der Waals surface area (Å²) in [6, 6.07) is 17.2. The molecular formula is C62H73BrF6N14O4Si2. The summed E-state index contributed by atoms with van der Waals surface area (Å²) in [4.78, 5) is 56.2. The molecule has 2 aliphatic heterocycles.